The molecule has 2 rings (SSSR count). The van der Waals surface area contributed by atoms with Crippen molar-refractivity contribution >= 4 is 0 Å². The molecule has 2 unspecified atom stereocenters. The van der Waals surface area contributed by atoms with Crippen molar-refractivity contribution in [2.45, 2.75) is 25.6 Å². The second-order valence-electron chi connectivity index (χ2n) is 4.44. The molecule has 0 aliphatic heterocycles. The van der Waals surface area contributed by atoms with Crippen LogP contribution in [-0.2, 0) is 18.2 Å². The number of hydrogen-bond donors (Lipinski definition) is 1. The SMILES string of the molecule is CCOC(c1ccccc1)C(O)Cc1cn(C)nn1. The molecule has 0 radical (unpaired) electrons. The first-order valence-electron chi connectivity index (χ1n) is 6.40. The third-order valence-corrected chi connectivity index (χ3v) is 2.89. The second kappa shape index (κ2) is 6.45. The lowest BCUT2D eigenvalue weighted by molar-refractivity contribution is -0.0343. The zero-order valence-electron chi connectivity index (χ0n) is 11.2. The van der Waals surface area contributed by atoms with Gasteiger partial charge in [-0.3, -0.25) is 4.68 Å². The smallest absolute Gasteiger partial charge is 0.109 e. The lowest BCUT2D eigenvalue weighted by Crippen LogP contribution is -2.24. The van der Waals surface area contributed by atoms with Crippen molar-refractivity contribution in [3.63, 3.8) is 0 Å². The highest BCUT2D eigenvalue weighted by Gasteiger charge is 2.22. The van der Waals surface area contributed by atoms with E-state index < -0.39 is 6.10 Å². The fourth-order valence-corrected chi connectivity index (χ4v) is 2.06. The van der Waals surface area contributed by atoms with Gasteiger partial charge in [-0.25, -0.2) is 0 Å². The number of aromatic nitrogens is 3. The van der Waals surface area contributed by atoms with Crippen molar-refractivity contribution in [2.75, 3.05) is 6.61 Å². The van der Waals surface area contributed by atoms with Crippen molar-refractivity contribution in [2.24, 2.45) is 7.05 Å². The number of nitrogens with zero attached hydrogens (tertiary/aromatic N) is 3. The van der Waals surface area contributed by atoms with Gasteiger partial charge in [-0.2, -0.15) is 0 Å². The largest absolute Gasteiger partial charge is 0.390 e. The molecule has 0 aliphatic rings. The molecule has 0 aliphatic carbocycles. The Balaban J connectivity index is 2.10. The Kier molecular flexibility index (Phi) is 4.65. The Labute approximate surface area is 112 Å². The van der Waals surface area contributed by atoms with E-state index in [1.807, 2.05) is 37.3 Å². The molecule has 0 bridgehead atoms. The zero-order valence-corrected chi connectivity index (χ0v) is 11.2. The molecule has 1 N–H and O–H groups in total. The highest BCUT2D eigenvalue weighted by atomic mass is 16.5. The van der Waals surface area contributed by atoms with Gasteiger partial charge in [0.05, 0.1) is 11.8 Å². The summed E-state index contributed by atoms with van der Waals surface area (Å²) in [5.74, 6) is 0. The van der Waals surface area contributed by atoms with E-state index in [0.717, 1.165) is 11.3 Å². The van der Waals surface area contributed by atoms with Crippen LogP contribution in [0.3, 0.4) is 0 Å². The number of rotatable bonds is 6. The fourth-order valence-electron chi connectivity index (χ4n) is 2.06. The molecule has 2 atom stereocenters. The number of ether oxygens (including phenoxy) is 1. The average Bonchev–Trinajstić information content (AvgIpc) is 2.82. The van der Waals surface area contributed by atoms with Crippen LogP contribution in [0.25, 0.3) is 0 Å². The van der Waals surface area contributed by atoms with Gasteiger partial charge in [0, 0.05) is 26.3 Å². The summed E-state index contributed by atoms with van der Waals surface area (Å²) in [5.41, 5.74) is 1.73. The Morgan fingerprint density at radius 2 is 2.05 bits per heavy atom. The minimum absolute atomic E-state index is 0.340. The van der Waals surface area contributed by atoms with Gasteiger partial charge < -0.3 is 9.84 Å². The molecule has 0 spiro atoms. The van der Waals surface area contributed by atoms with Crippen LogP contribution in [0.4, 0.5) is 0 Å². The maximum atomic E-state index is 10.4. The van der Waals surface area contributed by atoms with Crippen LogP contribution in [0, 0.1) is 0 Å². The van der Waals surface area contributed by atoms with Gasteiger partial charge in [-0.05, 0) is 12.5 Å². The highest BCUT2D eigenvalue weighted by Crippen LogP contribution is 2.23. The number of aliphatic hydroxyl groups is 1. The summed E-state index contributed by atoms with van der Waals surface area (Å²) in [6, 6.07) is 9.74. The van der Waals surface area contributed by atoms with Crippen LogP contribution in [0.15, 0.2) is 36.5 Å². The van der Waals surface area contributed by atoms with E-state index in [4.69, 9.17) is 4.74 Å². The van der Waals surface area contributed by atoms with Gasteiger partial charge in [0.25, 0.3) is 0 Å². The normalized spacial score (nSPS) is 14.3. The predicted molar refractivity (Wildman–Crippen MR) is 71.5 cm³/mol. The maximum Gasteiger partial charge on any atom is 0.109 e. The monoisotopic (exact) mass is 261 g/mol. The van der Waals surface area contributed by atoms with Gasteiger partial charge >= 0.3 is 0 Å². The third-order valence-electron chi connectivity index (χ3n) is 2.89. The van der Waals surface area contributed by atoms with E-state index in [0.29, 0.717) is 13.0 Å². The summed E-state index contributed by atoms with van der Waals surface area (Å²) >= 11 is 0. The van der Waals surface area contributed by atoms with E-state index in [1.54, 1.807) is 17.9 Å². The minimum atomic E-state index is -0.640. The maximum absolute atomic E-state index is 10.4. The number of aliphatic hydroxyl groups excluding tert-OH is 1. The third kappa shape index (κ3) is 3.62. The average molecular weight is 261 g/mol. The molecule has 0 saturated heterocycles. The van der Waals surface area contributed by atoms with E-state index in [2.05, 4.69) is 10.3 Å². The second-order valence-corrected chi connectivity index (χ2v) is 4.44. The van der Waals surface area contributed by atoms with E-state index in [9.17, 15) is 5.11 Å². The lowest BCUT2D eigenvalue weighted by Gasteiger charge is -2.22. The van der Waals surface area contributed by atoms with E-state index in [-0.39, 0.29) is 6.10 Å². The molecule has 5 nitrogen and oxygen atoms in total. The van der Waals surface area contributed by atoms with E-state index in [1.165, 1.54) is 0 Å². The van der Waals surface area contributed by atoms with Gasteiger partial charge in [-0.15, -0.1) is 5.10 Å². The lowest BCUT2D eigenvalue weighted by atomic mass is 10.0. The molecular weight excluding hydrogens is 242 g/mol. The summed E-state index contributed by atoms with van der Waals surface area (Å²) in [5, 5.41) is 18.2. The molecule has 102 valence electrons. The van der Waals surface area contributed by atoms with E-state index >= 15 is 0 Å². The van der Waals surface area contributed by atoms with Gasteiger partial charge in [0.15, 0.2) is 0 Å². The van der Waals surface area contributed by atoms with Crippen LogP contribution >= 0.6 is 0 Å². The van der Waals surface area contributed by atoms with Crippen molar-refractivity contribution in [1.82, 2.24) is 15.0 Å². The van der Waals surface area contributed by atoms with Crippen molar-refractivity contribution < 1.29 is 9.84 Å². The quantitative estimate of drug-likeness (QED) is 0.856. The summed E-state index contributed by atoms with van der Waals surface area (Å²) < 4.78 is 7.29. The molecule has 2 aromatic rings. The van der Waals surface area contributed by atoms with Crippen LogP contribution in [0.2, 0.25) is 0 Å². The molecule has 5 heteroatoms. The van der Waals surface area contributed by atoms with Gasteiger partial charge in [0.2, 0.25) is 0 Å². The molecule has 1 heterocycles. The summed E-state index contributed by atoms with van der Waals surface area (Å²) in [7, 11) is 1.81. The first-order valence-corrected chi connectivity index (χ1v) is 6.40. The Hall–Kier alpha value is -1.72. The van der Waals surface area contributed by atoms with Crippen molar-refractivity contribution in [3.05, 3.63) is 47.8 Å². The first-order chi connectivity index (χ1) is 9.20. The van der Waals surface area contributed by atoms with Gasteiger partial charge in [-0.1, -0.05) is 35.5 Å². The van der Waals surface area contributed by atoms with Crippen LogP contribution in [-0.4, -0.2) is 32.8 Å². The first kappa shape index (κ1) is 13.7. The topological polar surface area (TPSA) is 60.2 Å². The van der Waals surface area contributed by atoms with Crippen LogP contribution < -0.4 is 0 Å². The summed E-state index contributed by atoms with van der Waals surface area (Å²) in [4.78, 5) is 0. The summed E-state index contributed by atoms with van der Waals surface area (Å²) in [6.45, 7) is 2.47. The minimum Gasteiger partial charge on any atom is -0.390 e. The van der Waals surface area contributed by atoms with Gasteiger partial charge in [0.1, 0.15) is 6.10 Å². The number of benzene rings is 1. The Morgan fingerprint density at radius 1 is 1.32 bits per heavy atom. The molecule has 0 fully saturated rings. The molecular formula is C14H19N3O2. The fraction of sp³-hybridized carbons (Fsp3) is 0.429. The Morgan fingerprint density at radius 3 is 2.63 bits per heavy atom. The van der Waals surface area contributed by atoms with Crippen molar-refractivity contribution in [3.8, 4) is 0 Å². The molecule has 1 aromatic carbocycles. The Bertz CT molecular complexity index is 498. The molecule has 0 amide bonds. The van der Waals surface area contributed by atoms with Crippen molar-refractivity contribution in [1.29, 1.82) is 0 Å². The number of aryl methyl sites for hydroxylation is 1. The standard InChI is InChI=1S/C14H19N3O2/c1-3-19-14(11-7-5-4-6-8-11)13(18)9-12-10-17(2)16-15-12/h4-8,10,13-14,18H,3,9H2,1-2H3. The zero-order chi connectivity index (χ0) is 13.7. The highest BCUT2D eigenvalue weighted by molar-refractivity contribution is 5.19. The molecule has 0 saturated carbocycles. The molecule has 1 aromatic heterocycles. The number of hydrogen-bond acceptors (Lipinski definition) is 4. The van der Waals surface area contributed by atoms with Crippen LogP contribution in [0.1, 0.15) is 24.3 Å². The summed E-state index contributed by atoms with van der Waals surface area (Å²) in [6.07, 6.45) is 1.25. The van der Waals surface area contributed by atoms with Crippen LogP contribution in [0.5, 0.6) is 0 Å². The predicted octanol–water partition coefficient (Wildman–Crippen LogP) is 1.50. The molecule has 19 heavy (non-hydrogen) atoms.